The number of carbonyl (C=O) groups excluding carboxylic acids is 1. The topological polar surface area (TPSA) is 75.9 Å². The van der Waals surface area contributed by atoms with Crippen LogP contribution in [0.4, 0.5) is 0 Å². The fourth-order valence-electron chi connectivity index (χ4n) is 2.87. The number of aryl methyl sites for hydroxylation is 1. The van der Waals surface area contributed by atoms with Crippen LogP contribution in [0.15, 0.2) is 48.8 Å². The number of carbonyl (C=O) groups is 1. The molecule has 0 aliphatic heterocycles. The molecule has 3 rings (SSSR count). The lowest BCUT2D eigenvalue weighted by Gasteiger charge is -2.14. The van der Waals surface area contributed by atoms with E-state index in [1.165, 1.54) is 11.9 Å². The van der Waals surface area contributed by atoms with Crippen molar-refractivity contribution in [3.63, 3.8) is 0 Å². The molecule has 2 aromatic carbocycles. The van der Waals surface area contributed by atoms with Gasteiger partial charge in [0.05, 0.1) is 5.69 Å². The molecule has 0 spiro atoms. The first-order valence-corrected chi connectivity index (χ1v) is 8.95. The van der Waals surface area contributed by atoms with Crippen molar-refractivity contribution in [2.45, 2.75) is 26.9 Å². The quantitative estimate of drug-likeness (QED) is 0.696. The van der Waals surface area contributed by atoms with Crippen LogP contribution in [0.1, 0.15) is 34.0 Å². The van der Waals surface area contributed by atoms with E-state index in [9.17, 15) is 4.79 Å². The van der Waals surface area contributed by atoms with Gasteiger partial charge in [0.25, 0.3) is 5.91 Å². The van der Waals surface area contributed by atoms with Crippen LogP contribution in [0.5, 0.6) is 0 Å². The van der Waals surface area contributed by atoms with Crippen molar-refractivity contribution in [3.05, 3.63) is 71.0 Å². The molecule has 0 atom stereocenters. The summed E-state index contributed by atoms with van der Waals surface area (Å²) in [5.41, 5.74) is 4.73. The van der Waals surface area contributed by atoms with Crippen molar-refractivity contribution in [2.24, 2.45) is 0 Å². The van der Waals surface area contributed by atoms with Gasteiger partial charge in [0.1, 0.15) is 6.33 Å². The highest BCUT2D eigenvalue weighted by Gasteiger charge is 2.10. The van der Waals surface area contributed by atoms with E-state index in [2.05, 4.69) is 51.8 Å². The van der Waals surface area contributed by atoms with Gasteiger partial charge in [0.2, 0.25) is 0 Å². The number of tetrazole rings is 1. The van der Waals surface area contributed by atoms with Crippen LogP contribution in [0.25, 0.3) is 5.69 Å². The Labute approximate surface area is 159 Å². The summed E-state index contributed by atoms with van der Waals surface area (Å²) < 4.78 is 1.58. The Hall–Kier alpha value is -3.06. The van der Waals surface area contributed by atoms with E-state index >= 15 is 0 Å². The van der Waals surface area contributed by atoms with Crippen LogP contribution in [-0.4, -0.2) is 44.6 Å². The molecule has 140 valence electrons. The molecule has 0 saturated heterocycles. The van der Waals surface area contributed by atoms with Crippen LogP contribution in [0.3, 0.4) is 0 Å². The van der Waals surface area contributed by atoms with Gasteiger partial charge in [-0.15, -0.1) is 5.10 Å². The first-order chi connectivity index (χ1) is 13.1. The Bertz CT molecular complexity index is 907. The molecule has 0 fully saturated rings. The van der Waals surface area contributed by atoms with Crippen molar-refractivity contribution in [1.29, 1.82) is 0 Å². The normalized spacial score (nSPS) is 11.0. The van der Waals surface area contributed by atoms with E-state index < -0.39 is 0 Å². The molecule has 0 radical (unpaired) electrons. The zero-order valence-corrected chi connectivity index (χ0v) is 15.9. The molecule has 0 aliphatic rings. The van der Waals surface area contributed by atoms with Gasteiger partial charge < -0.3 is 10.2 Å². The zero-order valence-electron chi connectivity index (χ0n) is 15.9. The molecule has 1 amide bonds. The fraction of sp³-hybridized carbons (Fsp3) is 0.300. The molecule has 3 aromatic rings. The van der Waals surface area contributed by atoms with Gasteiger partial charge in [-0.1, -0.05) is 31.2 Å². The number of rotatable bonds is 7. The van der Waals surface area contributed by atoms with E-state index in [1.807, 2.05) is 31.2 Å². The lowest BCUT2D eigenvalue weighted by Crippen LogP contribution is -2.23. The largest absolute Gasteiger partial charge is 0.348 e. The first-order valence-electron chi connectivity index (χ1n) is 8.95. The van der Waals surface area contributed by atoms with Crippen LogP contribution in [-0.2, 0) is 13.1 Å². The van der Waals surface area contributed by atoms with Gasteiger partial charge in [0, 0.05) is 18.7 Å². The first kappa shape index (κ1) is 18.7. The van der Waals surface area contributed by atoms with Crippen LogP contribution < -0.4 is 5.32 Å². The number of nitrogens with one attached hydrogen (secondary N) is 1. The average molecular weight is 364 g/mol. The minimum absolute atomic E-state index is 0.0996. The molecule has 0 unspecified atom stereocenters. The number of hydrogen-bond acceptors (Lipinski definition) is 5. The number of amides is 1. The number of nitrogens with zero attached hydrogens (tertiary/aromatic N) is 5. The van der Waals surface area contributed by atoms with Crippen LogP contribution in [0.2, 0.25) is 0 Å². The molecule has 0 aliphatic carbocycles. The molecule has 1 heterocycles. The van der Waals surface area contributed by atoms with Gasteiger partial charge in [0.15, 0.2) is 0 Å². The Kier molecular flexibility index (Phi) is 5.93. The highest BCUT2D eigenvalue weighted by atomic mass is 16.1. The monoisotopic (exact) mass is 364 g/mol. The molecule has 0 saturated carbocycles. The van der Waals surface area contributed by atoms with E-state index in [0.717, 1.165) is 29.9 Å². The predicted octanol–water partition coefficient (Wildman–Crippen LogP) is 2.35. The summed E-state index contributed by atoms with van der Waals surface area (Å²) in [5.74, 6) is -0.0996. The van der Waals surface area contributed by atoms with E-state index in [1.54, 1.807) is 10.7 Å². The van der Waals surface area contributed by atoms with E-state index in [4.69, 9.17) is 0 Å². The van der Waals surface area contributed by atoms with Gasteiger partial charge in [-0.05, 0) is 65.8 Å². The summed E-state index contributed by atoms with van der Waals surface area (Å²) in [4.78, 5) is 14.8. The van der Waals surface area contributed by atoms with Crippen molar-refractivity contribution in [3.8, 4) is 5.69 Å². The predicted molar refractivity (Wildman–Crippen MR) is 104 cm³/mol. The van der Waals surface area contributed by atoms with Crippen LogP contribution in [0, 0.1) is 6.92 Å². The highest BCUT2D eigenvalue weighted by Crippen LogP contribution is 2.15. The number of hydrogen-bond donors (Lipinski definition) is 1. The summed E-state index contributed by atoms with van der Waals surface area (Å²) in [6, 6.07) is 13.8. The maximum atomic E-state index is 12.5. The lowest BCUT2D eigenvalue weighted by molar-refractivity contribution is 0.0951. The minimum atomic E-state index is -0.0996. The van der Waals surface area contributed by atoms with Gasteiger partial charge in [-0.25, -0.2) is 4.68 Å². The third kappa shape index (κ3) is 4.77. The standard InChI is InChI=1S/C20H24N6O/c1-4-25(3)13-17-7-5-6-16(11-17)12-21-20(27)18-8-9-19(15(2)10-18)26-14-22-23-24-26/h5-11,14H,4,12-13H2,1-3H3,(H,21,27). The van der Waals surface area contributed by atoms with Crippen molar-refractivity contribution in [2.75, 3.05) is 13.6 Å². The van der Waals surface area contributed by atoms with Crippen molar-refractivity contribution >= 4 is 5.91 Å². The highest BCUT2D eigenvalue weighted by molar-refractivity contribution is 5.94. The summed E-state index contributed by atoms with van der Waals surface area (Å²) in [6.07, 6.45) is 1.53. The third-order valence-electron chi connectivity index (χ3n) is 4.49. The van der Waals surface area contributed by atoms with E-state index in [-0.39, 0.29) is 5.91 Å². The van der Waals surface area contributed by atoms with Gasteiger partial charge >= 0.3 is 0 Å². The van der Waals surface area contributed by atoms with Crippen LogP contribution >= 0.6 is 0 Å². The third-order valence-corrected chi connectivity index (χ3v) is 4.49. The molecule has 1 aromatic heterocycles. The Morgan fingerprint density at radius 2 is 2.00 bits per heavy atom. The lowest BCUT2D eigenvalue weighted by atomic mass is 10.1. The summed E-state index contributed by atoms with van der Waals surface area (Å²) >= 11 is 0. The van der Waals surface area contributed by atoms with Crippen molar-refractivity contribution < 1.29 is 4.79 Å². The Morgan fingerprint density at radius 1 is 1.19 bits per heavy atom. The fourth-order valence-corrected chi connectivity index (χ4v) is 2.87. The SMILES string of the molecule is CCN(C)Cc1cccc(CNC(=O)c2ccc(-n3cnnn3)c(C)c2)c1. The second kappa shape index (κ2) is 8.55. The molecule has 1 N–H and O–H groups in total. The average Bonchev–Trinajstić information content (AvgIpc) is 3.20. The Morgan fingerprint density at radius 3 is 2.70 bits per heavy atom. The maximum Gasteiger partial charge on any atom is 0.251 e. The second-order valence-corrected chi connectivity index (χ2v) is 6.59. The summed E-state index contributed by atoms with van der Waals surface area (Å²) in [7, 11) is 2.09. The molecule has 0 bridgehead atoms. The number of aromatic nitrogens is 4. The Balaban J connectivity index is 1.64. The molecule has 7 nitrogen and oxygen atoms in total. The molecular weight excluding hydrogens is 340 g/mol. The summed E-state index contributed by atoms with van der Waals surface area (Å²) in [6.45, 7) is 6.46. The van der Waals surface area contributed by atoms with Gasteiger partial charge in [-0.2, -0.15) is 0 Å². The van der Waals surface area contributed by atoms with Crippen molar-refractivity contribution in [1.82, 2.24) is 30.4 Å². The molecular formula is C20H24N6O. The molecule has 7 heteroatoms. The van der Waals surface area contributed by atoms with E-state index in [0.29, 0.717) is 12.1 Å². The minimum Gasteiger partial charge on any atom is -0.348 e. The smallest absolute Gasteiger partial charge is 0.251 e. The maximum absolute atomic E-state index is 12.5. The zero-order chi connectivity index (χ0) is 19.2. The second-order valence-electron chi connectivity index (χ2n) is 6.59. The number of benzene rings is 2. The molecule has 27 heavy (non-hydrogen) atoms. The summed E-state index contributed by atoms with van der Waals surface area (Å²) in [5, 5.41) is 14.2. The van der Waals surface area contributed by atoms with Gasteiger partial charge in [-0.3, -0.25) is 4.79 Å².